The zero-order chi connectivity index (χ0) is 42.1. The van der Waals surface area contributed by atoms with Crippen LogP contribution < -0.4 is 5.19 Å². The Morgan fingerprint density at radius 1 is 0.694 bits per heavy atom. The smallest absolute Gasteiger partial charge is 0.216 e. The predicted molar refractivity (Wildman–Crippen MR) is 256 cm³/mol. The molecule has 3 saturated carbocycles. The molecule has 4 heterocycles. The summed E-state index contributed by atoms with van der Waals surface area (Å²) in [5.41, 5.74) is 12.9. The Bertz CT molecular complexity index is 2780. The molecule has 317 valence electrons. The van der Waals surface area contributed by atoms with Crippen molar-refractivity contribution in [2.75, 3.05) is 0 Å². The van der Waals surface area contributed by atoms with E-state index >= 15 is 0 Å². The van der Waals surface area contributed by atoms with Gasteiger partial charge in [-0.3, -0.25) is 0 Å². The van der Waals surface area contributed by atoms with Gasteiger partial charge in [-0.2, -0.15) is 0 Å². The molecule has 4 aromatic carbocycles. The molecule has 6 heteroatoms. The Balaban J connectivity index is 0.000000173. The van der Waals surface area contributed by atoms with E-state index in [1.54, 1.807) is 0 Å². The van der Waals surface area contributed by atoms with Gasteiger partial charge in [0.25, 0.3) is 0 Å². The molecule has 62 heavy (non-hydrogen) atoms. The topological polar surface area (TPSA) is 51.8 Å². The van der Waals surface area contributed by atoms with E-state index in [1.165, 1.54) is 59.5 Å². The van der Waals surface area contributed by atoms with Gasteiger partial charge in [0.15, 0.2) is 0 Å². The fraction of sp³-hybridized carbons (Fsp3) is 0.304. The van der Waals surface area contributed by atoms with Crippen LogP contribution in [0.5, 0.6) is 0 Å². The summed E-state index contributed by atoms with van der Waals surface area (Å²) < 4.78 is 6.35. The largest absolute Gasteiger partial charge is 0.486 e. The van der Waals surface area contributed by atoms with Gasteiger partial charge >= 0.3 is 0 Å². The summed E-state index contributed by atoms with van der Waals surface area (Å²) in [6, 6.07) is 48.8. The van der Waals surface area contributed by atoms with Gasteiger partial charge in [-0.1, -0.05) is 148 Å². The Morgan fingerprint density at radius 3 is 2.11 bits per heavy atom. The molecule has 4 aromatic heterocycles. The van der Waals surface area contributed by atoms with Gasteiger partial charge in [-0.05, 0) is 95.6 Å². The van der Waals surface area contributed by atoms with E-state index in [0.29, 0.717) is 5.71 Å². The molecule has 0 amide bonds. The van der Waals surface area contributed by atoms with Crippen molar-refractivity contribution in [1.82, 2.24) is 15.0 Å². The van der Waals surface area contributed by atoms with Crippen LogP contribution in [0.3, 0.4) is 0 Å². The Hall–Kier alpha value is -5.00. The third-order valence-corrected chi connectivity index (χ3v) is 14.9. The number of hydrogen-bond acceptors (Lipinski definition) is 4. The zero-order valence-electron chi connectivity index (χ0n) is 37.0. The van der Waals surface area contributed by atoms with Gasteiger partial charge < -0.3 is 14.4 Å². The summed E-state index contributed by atoms with van der Waals surface area (Å²) in [4.78, 5) is 14.4. The molecule has 2 bridgehead atoms. The molecule has 1 radical (unpaired) electrons. The van der Waals surface area contributed by atoms with Crippen LogP contribution in [0.2, 0.25) is 19.6 Å². The minimum absolute atomic E-state index is 0. The Kier molecular flexibility index (Phi) is 12.9. The fourth-order valence-electron chi connectivity index (χ4n) is 9.85. The molecule has 0 saturated heterocycles. The van der Waals surface area contributed by atoms with Crippen molar-refractivity contribution in [3.05, 3.63) is 157 Å². The number of pyridine rings is 3. The van der Waals surface area contributed by atoms with Gasteiger partial charge in [0.1, 0.15) is 0 Å². The summed E-state index contributed by atoms with van der Waals surface area (Å²) in [5, 5.41) is 3.56. The van der Waals surface area contributed by atoms with Crippen LogP contribution in [0.1, 0.15) is 64.0 Å². The van der Waals surface area contributed by atoms with Gasteiger partial charge in [0.05, 0.1) is 19.4 Å². The molecule has 0 spiro atoms. The molecule has 0 N–H and O–H groups in total. The molecule has 11 rings (SSSR count). The first-order valence-electron chi connectivity index (χ1n) is 22.3. The van der Waals surface area contributed by atoms with Crippen molar-refractivity contribution in [1.29, 1.82) is 0 Å². The van der Waals surface area contributed by atoms with Crippen LogP contribution in [-0.4, -0.2) is 23.0 Å². The van der Waals surface area contributed by atoms with Crippen molar-refractivity contribution < 1.29 is 24.5 Å². The summed E-state index contributed by atoms with van der Waals surface area (Å²) in [5.74, 6) is 2.70. The van der Waals surface area contributed by atoms with Crippen molar-refractivity contribution in [2.24, 2.45) is 23.2 Å². The first-order valence-corrected chi connectivity index (χ1v) is 25.8. The second-order valence-electron chi connectivity index (χ2n) is 19.7. The van der Waals surface area contributed by atoms with Crippen LogP contribution in [0, 0.1) is 35.3 Å². The fourth-order valence-corrected chi connectivity index (χ4v) is 11.4. The molecular formula is C56H57IrN3OSi-2. The first kappa shape index (κ1) is 43.6. The minimum Gasteiger partial charge on any atom is -0.486 e. The molecule has 0 aliphatic heterocycles. The average molecular weight is 1010 g/mol. The molecule has 4 nitrogen and oxygen atoms in total. The molecule has 8 aromatic rings. The van der Waals surface area contributed by atoms with E-state index in [4.69, 9.17) is 19.4 Å². The van der Waals surface area contributed by atoms with Crippen molar-refractivity contribution in [2.45, 2.75) is 85.4 Å². The molecule has 3 aliphatic rings. The summed E-state index contributed by atoms with van der Waals surface area (Å²) in [6.45, 7) is 14.1. The van der Waals surface area contributed by atoms with Gasteiger partial charge in [0.2, 0.25) is 5.71 Å². The number of benzene rings is 4. The Labute approximate surface area is 383 Å². The Morgan fingerprint density at radius 2 is 1.42 bits per heavy atom. The van der Waals surface area contributed by atoms with Crippen LogP contribution in [0.4, 0.5) is 0 Å². The van der Waals surface area contributed by atoms with Crippen LogP contribution in [0.15, 0.2) is 138 Å². The monoisotopic (exact) mass is 1010 g/mol. The number of nitrogens with zero attached hydrogens (tertiary/aromatic N) is 3. The molecule has 1 unspecified atom stereocenters. The van der Waals surface area contributed by atoms with Crippen molar-refractivity contribution >= 4 is 35.3 Å². The number of fused-ring (bicyclic) bond motifs is 6. The summed E-state index contributed by atoms with van der Waals surface area (Å²) >= 11 is 0. The third kappa shape index (κ3) is 9.79. The number of aromatic nitrogens is 3. The minimum atomic E-state index is -1.44. The van der Waals surface area contributed by atoms with E-state index in [9.17, 15) is 0 Å². The van der Waals surface area contributed by atoms with E-state index in [0.717, 1.165) is 80.7 Å². The molecule has 1 atom stereocenters. The first-order chi connectivity index (χ1) is 29.4. The summed E-state index contributed by atoms with van der Waals surface area (Å²) in [7, 11) is -1.44. The number of rotatable bonds is 8. The maximum atomic E-state index is 6.35. The quantitative estimate of drug-likeness (QED) is 0.112. The number of furan rings is 1. The van der Waals surface area contributed by atoms with Gasteiger partial charge in [-0.15, -0.1) is 53.6 Å². The summed E-state index contributed by atoms with van der Waals surface area (Å²) in [6.07, 6.45) is 13.5. The zero-order valence-corrected chi connectivity index (χ0v) is 40.4. The normalized spacial score (nSPS) is 17.4. The van der Waals surface area contributed by atoms with E-state index in [1.807, 2.05) is 36.5 Å². The van der Waals surface area contributed by atoms with Crippen LogP contribution >= 0.6 is 0 Å². The SMILES string of the molecule is CC(C)(C)Cc1cc(-c2[c-]ccc(-c3ccccc3)c2)ncc1[Si](C)(C)C.[Ir].[c-]1ccc2c(oc3nc(-c4ccccc4)ccc32)c1-c1cc(CC2CC3CCC2CC3)ccn1. The predicted octanol–water partition coefficient (Wildman–Crippen LogP) is 14.2. The second kappa shape index (κ2) is 18.4. The van der Waals surface area contributed by atoms with Gasteiger partial charge in [-0.25, -0.2) is 4.98 Å². The standard InChI is InChI=1S/C31H27N2O.C25H30NSi.Ir/c1-2-5-23(6-3-1)28-14-13-26-25-7-4-8-27(30(25)34-31(26)33-28)29-19-21(15-16-32-29)18-24-17-20-9-11-22(24)12-10-20;1-25(2,3)17-22-16-23(26-18-24(22)27(4,5)6)21-14-10-13-20(15-21)19-11-8-7-9-12-19;/h1-7,13-16,19-20,22,24H,9-12,17-18H2;7-13,15-16,18H,17H2,1-6H3;/q2*-1;. The molecule has 3 aliphatic carbocycles. The molecular weight excluding hydrogens is 951 g/mol. The second-order valence-corrected chi connectivity index (χ2v) is 24.8. The van der Waals surface area contributed by atoms with Crippen molar-refractivity contribution in [3.63, 3.8) is 0 Å². The number of hydrogen-bond donors (Lipinski definition) is 0. The van der Waals surface area contributed by atoms with Crippen LogP contribution in [-0.2, 0) is 32.9 Å². The van der Waals surface area contributed by atoms with Crippen LogP contribution in [0.25, 0.3) is 67.0 Å². The van der Waals surface area contributed by atoms with Crippen molar-refractivity contribution in [3.8, 4) is 44.9 Å². The third-order valence-electron chi connectivity index (χ3n) is 12.8. The maximum absolute atomic E-state index is 6.35. The maximum Gasteiger partial charge on any atom is 0.216 e. The average Bonchev–Trinajstić information content (AvgIpc) is 3.65. The van der Waals surface area contributed by atoms with Gasteiger partial charge in [0, 0.05) is 43.4 Å². The van der Waals surface area contributed by atoms with E-state index in [-0.39, 0.29) is 25.5 Å². The van der Waals surface area contributed by atoms with E-state index in [2.05, 4.69) is 150 Å². The van der Waals surface area contributed by atoms with E-state index < -0.39 is 8.07 Å². The molecule has 3 fully saturated rings.